The number of nitrogens with one attached hydrogen (secondary N) is 1. The fraction of sp³-hybridized carbons (Fsp3) is 0.440. The maximum absolute atomic E-state index is 13.1. The second-order valence-electron chi connectivity index (χ2n) is 8.28. The van der Waals surface area contributed by atoms with E-state index >= 15 is 0 Å². The van der Waals surface area contributed by atoms with Crippen LogP contribution in [-0.4, -0.2) is 40.0 Å². The van der Waals surface area contributed by atoms with Gasteiger partial charge in [0, 0.05) is 24.5 Å². The predicted octanol–water partition coefficient (Wildman–Crippen LogP) is 4.75. The Bertz CT molecular complexity index is 1020. The summed E-state index contributed by atoms with van der Waals surface area (Å²) in [5, 5.41) is 3.02. The molecular weight excluding hydrogens is 420 g/mol. The quantitative estimate of drug-likeness (QED) is 0.616. The first-order chi connectivity index (χ1) is 15.3. The summed E-state index contributed by atoms with van der Waals surface area (Å²) in [5.74, 6) is -0.470. The smallest absolute Gasteiger partial charge is 0.243 e. The van der Waals surface area contributed by atoms with E-state index < -0.39 is 6.04 Å². The lowest BCUT2D eigenvalue weighted by Gasteiger charge is -2.27. The minimum absolute atomic E-state index is 0.0305. The molecule has 2 aromatic rings. The topological polar surface area (TPSA) is 74.7 Å². The molecule has 1 saturated heterocycles. The highest BCUT2D eigenvalue weighted by Gasteiger charge is 2.36. The van der Waals surface area contributed by atoms with E-state index in [1.54, 1.807) is 16.2 Å². The monoisotopic (exact) mass is 452 g/mol. The molecule has 32 heavy (non-hydrogen) atoms. The Morgan fingerprint density at radius 2 is 2.03 bits per heavy atom. The first kappa shape index (κ1) is 23.9. The average molecular weight is 453 g/mol. The number of carbonyl (C=O) groups excluding carboxylic acids is 2. The zero-order valence-electron chi connectivity index (χ0n) is 19.5. The lowest BCUT2D eigenvalue weighted by atomic mass is 10.0. The van der Waals surface area contributed by atoms with Gasteiger partial charge >= 0.3 is 0 Å². The number of rotatable bonds is 7. The molecule has 2 unspecified atom stereocenters. The van der Waals surface area contributed by atoms with Crippen molar-refractivity contribution in [1.29, 1.82) is 0 Å². The van der Waals surface area contributed by atoms with E-state index in [0.29, 0.717) is 19.5 Å². The molecule has 1 aromatic heterocycles. The standard InChI is InChI=1S/C25H32N4O2S/c1-6-16(2)28-18(4)17(3)25(31)29-13-7-8-22(29)24(30)26-14-20-9-11-21(12-10-20)23-19(5)27-15-32-23/h6,9-12,15,17,22H,7-8,13-14H2,1-5H3,(H,26,30)/b16-6-,28-18+. The SMILES string of the molecule is C/C=C(C)\N=C(/C)C(C)C(=O)N1CCCC1C(=O)NCc1ccc(-c2scnc2C)cc1. The predicted molar refractivity (Wildman–Crippen MR) is 131 cm³/mol. The van der Waals surface area contributed by atoms with Crippen LogP contribution in [0.5, 0.6) is 0 Å². The fourth-order valence-corrected chi connectivity index (χ4v) is 4.64. The number of allylic oxidation sites excluding steroid dienone is 2. The van der Waals surface area contributed by atoms with Crippen molar-refractivity contribution >= 4 is 28.9 Å². The molecular formula is C25H32N4O2S. The number of nitrogens with zero attached hydrogens (tertiary/aromatic N) is 3. The number of likely N-dealkylation sites (tertiary alicyclic amines) is 1. The number of aryl methyl sites for hydroxylation is 1. The van der Waals surface area contributed by atoms with Crippen LogP contribution in [0.3, 0.4) is 0 Å². The minimum Gasteiger partial charge on any atom is -0.350 e. The number of carbonyl (C=O) groups is 2. The normalized spacial score (nSPS) is 18.0. The van der Waals surface area contributed by atoms with E-state index in [1.165, 1.54) is 4.88 Å². The number of thiazole rings is 1. The number of amides is 2. The van der Waals surface area contributed by atoms with Crippen LogP contribution in [0.25, 0.3) is 10.4 Å². The van der Waals surface area contributed by atoms with Gasteiger partial charge in [-0.3, -0.25) is 14.6 Å². The van der Waals surface area contributed by atoms with E-state index in [4.69, 9.17) is 0 Å². The molecule has 1 aromatic carbocycles. The molecule has 0 spiro atoms. The van der Waals surface area contributed by atoms with Gasteiger partial charge in [-0.15, -0.1) is 11.3 Å². The summed E-state index contributed by atoms with van der Waals surface area (Å²) in [7, 11) is 0. The largest absolute Gasteiger partial charge is 0.350 e. The highest BCUT2D eigenvalue weighted by atomic mass is 32.1. The molecule has 7 heteroatoms. The average Bonchev–Trinajstić information content (AvgIpc) is 3.46. The summed E-state index contributed by atoms with van der Waals surface area (Å²) in [5.41, 5.74) is 6.69. The van der Waals surface area contributed by atoms with E-state index in [0.717, 1.165) is 34.7 Å². The van der Waals surface area contributed by atoms with Crippen LogP contribution in [0.4, 0.5) is 0 Å². The molecule has 0 bridgehead atoms. The van der Waals surface area contributed by atoms with E-state index in [1.807, 2.05) is 58.3 Å². The van der Waals surface area contributed by atoms with Crippen LogP contribution in [-0.2, 0) is 16.1 Å². The van der Waals surface area contributed by atoms with E-state index in [-0.39, 0.29) is 17.7 Å². The minimum atomic E-state index is -0.417. The second-order valence-corrected chi connectivity index (χ2v) is 9.13. The second kappa shape index (κ2) is 10.7. The lowest BCUT2D eigenvalue weighted by Crippen LogP contribution is -2.48. The first-order valence-electron chi connectivity index (χ1n) is 11.1. The number of benzene rings is 1. The molecule has 1 aliphatic heterocycles. The van der Waals surface area contributed by atoms with Gasteiger partial charge in [0.15, 0.2) is 0 Å². The van der Waals surface area contributed by atoms with Gasteiger partial charge in [-0.2, -0.15) is 0 Å². The number of aliphatic imine (C=N–C) groups is 1. The maximum Gasteiger partial charge on any atom is 0.243 e. The molecule has 2 heterocycles. The van der Waals surface area contributed by atoms with Crippen molar-refractivity contribution < 1.29 is 9.59 Å². The molecule has 0 saturated carbocycles. The third kappa shape index (κ3) is 5.51. The number of hydrogen-bond donors (Lipinski definition) is 1. The van der Waals surface area contributed by atoms with Gasteiger partial charge in [0.25, 0.3) is 0 Å². The van der Waals surface area contributed by atoms with Gasteiger partial charge in [0.2, 0.25) is 11.8 Å². The van der Waals surface area contributed by atoms with Crippen molar-refractivity contribution in [2.75, 3.05) is 6.54 Å². The highest BCUT2D eigenvalue weighted by Crippen LogP contribution is 2.27. The molecule has 170 valence electrons. The third-order valence-corrected chi connectivity index (χ3v) is 7.01. The summed E-state index contributed by atoms with van der Waals surface area (Å²) in [6.07, 6.45) is 3.44. The molecule has 6 nitrogen and oxygen atoms in total. The van der Waals surface area contributed by atoms with Crippen LogP contribution in [0.1, 0.15) is 51.8 Å². The van der Waals surface area contributed by atoms with Crippen molar-refractivity contribution in [3.05, 3.63) is 52.8 Å². The van der Waals surface area contributed by atoms with Crippen molar-refractivity contribution in [3.8, 4) is 10.4 Å². The summed E-state index contributed by atoms with van der Waals surface area (Å²) in [6, 6.07) is 7.75. The Labute approximate surface area is 194 Å². The van der Waals surface area contributed by atoms with Crippen LogP contribution < -0.4 is 5.32 Å². The van der Waals surface area contributed by atoms with Gasteiger partial charge in [-0.25, -0.2) is 4.98 Å². The Morgan fingerprint density at radius 3 is 2.66 bits per heavy atom. The van der Waals surface area contributed by atoms with Gasteiger partial charge in [0.1, 0.15) is 6.04 Å². The van der Waals surface area contributed by atoms with Crippen molar-refractivity contribution in [1.82, 2.24) is 15.2 Å². The van der Waals surface area contributed by atoms with Crippen molar-refractivity contribution in [2.24, 2.45) is 10.9 Å². The van der Waals surface area contributed by atoms with Crippen molar-refractivity contribution in [3.63, 3.8) is 0 Å². The van der Waals surface area contributed by atoms with Crippen LogP contribution in [0.15, 0.2) is 46.5 Å². The summed E-state index contributed by atoms with van der Waals surface area (Å²) >= 11 is 1.63. The summed E-state index contributed by atoms with van der Waals surface area (Å²) in [6.45, 7) is 10.6. The zero-order valence-corrected chi connectivity index (χ0v) is 20.3. The van der Waals surface area contributed by atoms with Gasteiger partial charge < -0.3 is 10.2 Å². The number of aromatic nitrogens is 1. The van der Waals surface area contributed by atoms with Crippen LogP contribution >= 0.6 is 11.3 Å². The highest BCUT2D eigenvalue weighted by molar-refractivity contribution is 7.13. The van der Waals surface area contributed by atoms with Gasteiger partial charge in [-0.1, -0.05) is 30.3 Å². The molecule has 1 N–H and O–H groups in total. The first-order valence-corrected chi connectivity index (χ1v) is 12.0. The Balaban J connectivity index is 1.60. The van der Waals surface area contributed by atoms with Crippen LogP contribution in [0.2, 0.25) is 0 Å². The molecule has 1 fully saturated rings. The molecule has 1 aliphatic rings. The maximum atomic E-state index is 13.1. The van der Waals surface area contributed by atoms with Crippen molar-refractivity contribution in [2.45, 2.75) is 60.0 Å². The fourth-order valence-electron chi connectivity index (χ4n) is 3.83. The van der Waals surface area contributed by atoms with Gasteiger partial charge in [-0.05, 0) is 58.6 Å². The molecule has 2 amide bonds. The molecule has 0 aliphatic carbocycles. The van der Waals surface area contributed by atoms with Crippen LogP contribution in [0, 0.1) is 12.8 Å². The summed E-state index contributed by atoms with van der Waals surface area (Å²) in [4.78, 5) is 37.6. The molecule has 2 atom stereocenters. The third-order valence-electron chi connectivity index (χ3n) is 6.03. The molecule has 0 radical (unpaired) electrons. The Morgan fingerprint density at radius 1 is 1.31 bits per heavy atom. The molecule has 3 rings (SSSR count). The lowest BCUT2D eigenvalue weighted by molar-refractivity contribution is -0.139. The van der Waals surface area contributed by atoms with E-state index in [9.17, 15) is 9.59 Å². The number of hydrogen-bond acceptors (Lipinski definition) is 5. The Hall–Kier alpha value is -2.80. The zero-order chi connectivity index (χ0) is 23.3. The van der Waals surface area contributed by atoms with Gasteiger partial charge in [0.05, 0.1) is 22.0 Å². The summed E-state index contributed by atoms with van der Waals surface area (Å²) < 4.78 is 0. The Kier molecular flexibility index (Phi) is 7.96. The van der Waals surface area contributed by atoms with E-state index in [2.05, 4.69) is 27.4 Å².